The summed E-state index contributed by atoms with van der Waals surface area (Å²) in [7, 11) is 1.79. The molecule has 0 spiro atoms. The average molecular weight is 353 g/mol. The van der Waals surface area contributed by atoms with Crippen molar-refractivity contribution in [3.63, 3.8) is 0 Å². The Morgan fingerprint density at radius 3 is 2.56 bits per heavy atom. The summed E-state index contributed by atoms with van der Waals surface area (Å²) in [5.74, 6) is 0.789. The molecule has 0 fully saturated rings. The average Bonchev–Trinajstić information content (AvgIpc) is 3.25. The fourth-order valence-electron chi connectivity index (χ4n) is 2.72. The zero-order chi connectivity index (χ0) is 17.6. The summed E-state index contributed by atoms with van der Waals surface area (Å²) in [6, 6.07) is 12.3. The predicted molar refractivity (Wildman–Crippen MR) is 104 cm³/mol. The largest absolute Gasteiger partial charge is 0.352 e. The lowest BCUT2D eigenvalue weighted by Gasteiger charge is -2.12. The molecule has 130 valence electrons. The highest BCUT2D eigenvalue weighted by atomic mass is 32.1. The highest BCUT2D eigenvalue weighted by Crippen LogP contribution is 2.17. The number of aliphatic imine (C=N–C) groups is 1. The molecule has 0 aliphatic heterocycles. The van der Waals surface area contributed by atoms with Gasteiger partial charge >= 0.3 is 0 Å². The van der Waals surface area contributed by atoms with E-state index in [0.29, 0.717) is 6.54 Å². The van der Waals surface area contributed by atoms with Crippen LogP contribution < -0.4 is 10.6 Å². The third-order valence-corrected chi connectivity index (χ3v) is 4.87. The summed E-state index contributed by atoms with van der Waals surface area (Å²) in [5.41, 5.74) is 5.71. The normalized spacial score (nSPS) is 11.6. The molecule has 3 rings (SSSR count). The minimum absolute atomic E-state index is 0.688. The molecule has 6 heteroatoms. The van der Waals surface area contributed by atoms with Crippen LogP contribution >= 0.6 is 11.3 Å². The Bertz CT molecular complexity index is 834. The number of nitrogens with one attached hydrogen (secondary N) is 2. The van der Waals surface area contributed by atoms with Crippen LogP contribution in [0.1, 0.15) is 22.5 Å². The van der Waals surface area contributed by atoms with E-state index in [9.17, 15) is 0 Å². The molecule has 0 unspecified atom stereocenters. The summed E-state index contributed by atoms with van der Waals surface area (Å²) in [4.78, 5) is 4.30. The van der Waals surface area contributed by atoms with Gasteiger partial charge in [0.05, 0.1) is 11.4 Å². The molecule has 0 aliphatic rings. The Labute approximate surface area is 152 Å². The summed E-state index contributed by atoms with van der Waals surface area (Å²) in [6.45, 7) is 5.61. The number of hydrogen-bond donors (Lipinski definition) is 2. The maximum absolute atomic E-state index is 4.69. The van der Waals surface area contributed by atoms with Crippen molar-refractivity contribution >= 4 is 17.3 Å². The minimum Gasteiger partial charge on any atom is -0.352 e. The van der Waals surface area contributed by atoms with Gasteiger partial charge in [0, 0.05) is 31.4 Å². The second-order valence-electron chi connectivity index (χ2n) is 5.81. The molecule has 5 nitrogen and oxygen atoms in total. The van der Waals surface area contributed by atoms with Gasteiger partial charge in [0.15, 0.2) is 5.96 Å². The fraction of sp³-hybridized carbons (Fsp3) is 0.263. The zero-order valence-corrected chi connectivity index (χ0v) is 15.6. The van der Waals surface area contributed by atoms with Crippen molar-refractivity contribution in [2.75, 3.05) is 7.05 Å². The third kappa shape index (κ3) is 4.09. The van der Waals surface area contributed by atoms with E-state index >= 15 is 0 Å². The quantitative estimate of drug-likeness (QED) is 0.546. The molecule has 0 radical (unpaired) electrons. The van der Waals surface area contributed by atoms with Crippen LogP contribution in [0.15, 0.2) is 52.2 Å². The molecule has 1 aromatic carbocycles. The van der Waals surface area contributed by atoms with Crippen LogP contribution in [-0.2, 0) is 13.1 Å². The molecule has 2 heterocycles. The molecule has 25 heavy (non-hydrogen) atoms. The first-order valence-corrected chi connectivity index (χ1v) is 9.19. The van der Waals surface area contributed by atoms with E-state index in [1.165, 1.54) is 11.1 Å². The monoisotopic (exact) mass is 353 g/mol. The van der Waals surface area contributed by atoms with Crippen molar-refractivity contribution in [2.24, 2.45) is 4.99 Å². The molecule has 2 aromatic heterocycles. The number of benzene rings is 1. The molecule has 2 N–H and O–H groups in total. The van der Waals surface area contributed by atoms with Crippen LogP contribution in [0.3, 0.4) is 0 Å². The van der Waals surface area contributed by atoms with Crippen LogP contribution in [0.25, 0.3) is 5.69 Å². The Morgan fingerprint density at radius 2 is 1.88 bits per heavy atom. The number of aryl methyl sites for hydroxylation is 1. The van der Waals surface area contributed by atoms with Crippen molar-refractivity contribution < 1.29 is 0 Å². The first kappa shape index (κ1) is 17.2. The number of rotatable bonds is 5. The highest BCUT2D eigenvalue weighted by Gasteiger charge is 2.13. The summed E-state index contributed by atoms with van der Waals surface area (Å²) >= 11 is 1.70. The molecule has 0 saturated heterocycles. The van der Waals surface area contributed by atoms with Crippen molar-refractivity contribution in [2.45, 2.75) is 26.9 Å². The first-order chi connectivity index (χ1) is 12.2. The van der Waals surface area contributed by atoms with Crippen molar-refractivity contribution in [1.29, 1.82) is 0 Å². The maximum Gasteiger partial charge on any atom is 0.191 e. The van der Waals surface area contributed by atoms with Crippen molar-refractivity contribution in [1.82, 2.24) is 20.4 Å². The van der Waals surface area contributed by atoms with E-state index < -0.39 is 0 Å². The lowest BCUT2D eigenvalue weighted by atomic mass is 10.2. The number of thiophene rings is 1. The molecule has 0 aliphatic carbocycles. The van der Waals surface area contributed by atoms with Gasteiger partial charge in [0.1, 0.15) is 0 Å². The van der Waals surface area contributed by atoms with E-state index in [2.05, 4.69) is 56.6 Å². The molecule has 3 aromatic rings. The van der Waals surface area contributed by atoms with Crippen molar-refractivity contribution in [3.05, 3.63) is 69.7 Å². The van der Waals surface area contributed by atoms with Gasteiger partial charge in [-0.1, -0.05) is 18.2 Å². The van der Waals surface area contributed by atoms with Gasteiger partial charge in [-0.3, -0.25) is 4.99 Å². The Morgan fingerprint density at radius 1 is 1.12 bits per heavy atom. The number of hydrogen-bond acceptors (Lipinski definition) is 3. The second-order valence-corrected chi connectivity index (χ2v) is 6.59. The number of nitrogens with zero attached hydrogens (tertiary/aromatic N) is 3. The van der Waals surface area contributed by atoms with Crippen LogP contribution in [-0.4, -0.2) is 22.8 Å². The summed E-state index contributed by atoms with van der Waals surface area (Å²) in [6.07, 6.45) is 0. The minimum atomic E-state index is 0.688. The van der Waals surface area contributed by atoms with Crippen LogP contribution in [0.4, 0.5) is 0 Å². The van der Waals surface area contributed by atoms with E-state index in [-0.39, 0.29) is 0 Å². The van der Waals surface area contributed by atoms with E-state index in [0.717, 1.165) is 29.6 Å². The van der Waals surface area contributed by atoms with Gasteiger partial charge in [0.25, 0.3) is 0 Å². The fourth-order valence-corrected chi connectivity index (χ4v) is 3.39. The lowest BCUT2D eigenvalue weighted by Crippen LogP contribution is -2.36. The van der Waals surface area contributed by atoms with Crippen LogP contribution in [0.2, 0.25) is 0 Å². The van der Waals surface area contributed by atoms with E-state index in [1.807, 2.05) is 29.8 Å². The van der Waals surface area contributed by atoms with Crippen molar-refractivity contribution in [3.8, 4) is 5.69 Å². The number of guanidine groups is 1. The summed E-state index contributed by atoms with van der Waals surface area (Å²) < 4.78 is 1.99. The smallest absolute Gasteiger partial charge is 0.191 e. The SMILES string of the molecule is CN=C(NCc1ccsc1)NCc1c(C)nn(-c2ccccc2)c1C. The van der Waals surface area contributed by atoms with Gasteiger partial charge in [-0.2, -0.15) is 16.4 Å². The van der Waals surface area contributed by atoms with Gasteiger partial charge in [0.2, 0.25) is 0 Å². The van der Waals surface area contributed by atoms with Gasteiger partial charge in [-0.05, 0) is 48.4 Å². The Hall–Kier alpha value is -2.60. The molecule has 0 atom stereocenters. The molecule has 0 saturated carbocycles. The first-order valence-electron chi connectivity index (χ1n) is 8.25. The topological polar surface area (TPSA) is 54.2 Å². The molecular formula is C19H23N5S. The van der Waals surface area contributed by atoms with Gasteiger partial charge in [-0.15, -0.1) is 0 Å². The number of para-hydroxylation sites is 1. The molecule has 0 bridgehead atoms. The third-order valence-electron chi connectivity index (χ3n) is 4.14. The highest BCUT2D eigenvalue weighted by molar-refractivity contribution is 7.07. The predicted octanol–water partition coefficient (Wildman–Crippen LogP) is 3.42. The standard InChI is InChI=1S/C19H23N5S/c1-14-18(15(2)24(23-14)17-7-5-4-6-8-17)12-22-19(20-3)21-11-16-9-10-25-13-16/h4-10,13H,11-12H2,1-3H3,(H2,20,21,22). The lowest BCUT2D eigenvalue weighted by molar-refractivity contribution is 0.801. The summed E-state index contributed by atoms with van der Waals surface area (Å²) in [5, 5.41) is 15.6. The Balaban J connectivity index is 1.67. The Kier molecular flexibility index (Phi) is 5.50. The van der Waals surface area contributed by atoms with Crippen LogP contribution in [0, 0.1) is 13.8 Å². The zero-order valence-electron chi connectivity index (χ0n) is 14.8. The van der Waals surface area contributed by atoms with Crippen LogP contribution in [0.5, 0.6) is 0 Å². The van der Waals surface area contributed by atoms with E-state index in [1.54, 1.807) is 18.4 Å². The van der Waals surface area contributed by atoms with Gasteiger partial charge < -0.3 is 10.6 Å². The second kappa shape index (κ2) is 7.98. The maximum atomic E-state index is 4.69. The number of aromatic nitrogens is 2. The molecule has 0 amide bonds. The van der Waals surface area contributed by atoms with Gasteiger partial charge in [-0.25, -0.2) is 4.68 Å². The molecular weight excluding hydrogens is 330 g/mol. The van der Waals surface area contributed by atoms with E-state index in [4.69, 9.17) is 0 Å².